The van der Waals surface area contributed by atoms with Crippen molar-refractivity contribution in [3.8, 4) is 17.1 Å². The summed E-state index contributed by atoms with van der Waals surface area (Å²) >= 11 is 1.46. The number of fused-ring (bicyclic) bond motifs is 1. The molecule has 0 bridgehead atoms. The Kier molecular flexibility index (Phi) is 7.82. The normalized spacial score (nSPS) is 15.3. The van der Waals surface area contributed by atoms with E-state index < -0.39 is 11.9 Å². The first-order valence-electron chi connectivity index (χ1n) is 12.3. The van der Waals surface area contributed by atoms with Crippen LogP contribution in [0.25, 0.3) is 11.3 Å². The molecule has 0 spiro atoms. The number of carbonyl (C=O) groups excluding carboxylic acids is 1. The minimum Gasteiger partial charge on any atom is -0.481 e. The summed E-state index contributed by atoms with van der Waals surface area (Å²) in [4.78, 5) is 37.1. The van der Waals surface area contributed by atoms with E-state index in [9.17, 15) is 9.18 Å². The number of nitrogens with zero attached hydrogens (tertiary/aromatic N) is 6. The van der Waals surface area contributed by atoms with Crippen molar-refractivity contribution in [2.75, 3.05) is 26.5 Å². The summed E-state index contributed by atoms with van der Waals surface area (Å²) in [5.74, 6) is 0.211. The van der Waals surface area contributed by atoms with E-state index in [2.05, 4.69) is 30.4 Å². The summed E-state index contributed by atoms with van der Waals surface area (Å²) < 4.78 is 19.7. The number of benzene rings is 1. The van der Waals surface area contributed by atoms with Crippen molar-refractivity contribution in [2.24, 2.45) is 5.16 Å². The summed E-state index contributed by atoms with van der Waals surface area (Å²) in [6, 6.07) is 9.42. The highest BCUT2D eigenvalue weighted by atomic mass is 32.1. The third kappa shape index (κ3) is 5.83. The molecule has 4 heterocycles. The zero-order chi connectivity index (χ0) is 28.2. The number of rotatable bonds is 8. The van der Waals surface area contributed by atoms with Crippen molar-refractivity contribution < 1.29 is 18.8 Å². The summed E-state index contributed by atoms with van der Waals surface area (Å²) in [6.07, 6.45) is 0.416. The molecule has 206 valence electrons. The molecule has 1 aromatic carbocycles. The number of amides is 1. The number of pyridine rings is 1. The van der Waals surface area contributed by atoms with Gasteiger partial charge in [-0.25, -0.2) is 24.3 Å². The minimum atomic E-state index is -0.403. The first-order valence-corrected chi connectivity index (χ1v) is 13.3. The van der Waals surface area contributed by atoms with Crippen LogP contribution in [0.15, 0.2) is 52.4 Å². The van der Waals surface area contributed by atoms with Crippen LogP contribution in [0.1, 0.15) is 34.3 Å². The molecule has 0 saturated carbocycles. The third-order valence-corrected chi connectivity index (χ3v) is 7.01. The number of aromatic nitrogens is 4. The van der Waals surface area contributed by atoms with Gasteiger partial charge in [-0.1, -0.05) is 17.3 Å². The second kappa shape index (κ2) is 11.6. The van der Waals surface area contributed by atoms with E-state index in [1.54, 1.807) is 43.7 Å². The Bertz CT molecular complexity index is 1560. The molecular formula is C27H27FN8O3S. The fourth-order valence-corrected chi connectivity index (χ4v) is 5.04. The van der Waals surface area contributed by atoms with Gasteiger partial charge < -0.3 is 25.5 Å². The molecule has 0 radical (unpaired) electrons. The monoisotopic (exact) mass is 562 g/mol. The summed E-state index contributed by atoms with van der Waals surface area (Å²) in [6.45, 7) is 1.88. The number of nitrogens with two attached hydrogens (primary N) is 1. The molecule has 4 aromatic rings. The maximum atomic E-state index is 14.4. The van der Waals surface area contributed by atoms with Crippen LogP contribution in [0.2, 0.25) is 0 Å². The number of likely N-dealkylation sites (N-methyl/N-ethyl adjacent to an activating group) is 1. The van der Waals surface area contributed by atoms with Crippen molar-refractivity contribution in [3.05, 3.63) is 81.3 Å². The number of carbonyl (C=O) groups is 1. The lowest BCUT2D eigenvalue weighted by Crippen LogP contribution is -2.38. The minimum absolute atomic E-state index is 0.129. The van der Waals surface area contributed by atoms with Gasteiger partial charge in [0.1, 0.15) is 5.82 Å². The van der Waals surface area contributed by atoms with E-state index in [1.807, 2.05) is 5.38 Å². The SMILES string of the molecule is COc1cccc(-c2cc(F)ccc2[C@H]2Cc3nc(N)nc(C)c3/C(=N/OCC(=O)N(C)Cc3cscn3)N2)n1. The molecule has 1 atom stereocenters. The Balaban J connectivity index is 1.45. The lowest BCUT2D eigenvalue weighted by Gasteiger charge is -2.29. The number of methoxy groups -OCH3 is 1. The van der Waals surface area contributed by atoms with E-state index in [0.29, 0.717) is 52.9 Å². The number of nitrogen functional groups attached to an aromatic ring is 1. The molecule has 40 heavy (non-hydrogen) atoms. The average Bonchev–Trinajstić information content (AvgIpc) is 3.45. The second-order valence-corrected chi connectivity index (χ2v) is 9.85. The predicted molar refractivity (Wildman–Crippen MR) is 148 cm³/mol. The number of aryl methyl sites for hydroxylation is 1. The first kappa shape index (κ1) is 26.9. The van der Waals surface area contributed by atoms with Gasteiger partial charge in [0.2, 0.25) is 11.8 Å². The summed E-state index contributed by atoms with van der Waals surface area (Å²) in [5.41, 5.74) is 12.3. The number of ether oxygens (including phenoxy) is 1. The number of nitrogens with one attached hydrogen (secondary N) is 1. The van der Waals surface area contributed by atoms with E-state index in [4.69, 9.17) is 15.3 Å². The van der Waals surface area contributed by atoms with Crippen molar-refractivity contribution in [1.29, 1.82) is 0 Å². The maximum absolute atomic E-state index is 14.4. The molecule has 3 N–H and O–H groups in total. The van der Waals surface area contributed by atoms with Gasteiger partial charge in [-0.05, 0) is 30.7 Å². The smallest absolute Gasteiger partial charge is 0.263 e. The van der Waals surface area contributed by atoms with Gasteiger partial charge in [-0.2, -0.15) is 0 Å². The quantitative estimate of drug-likeness (QED) is 0.310. The molecule has 13 heteroatoms. The Morgan fingerprint density at radius 2 is 2.12 bits per heavy atom. The summed E-state index contributed by atoms with van der Waals surface area (Å²) in [5, 5.41) is 9.53. The molecule has 3 aromatic heterocycles. The Morgan fingerprint density at radius 3 is 2.90 bits per heavy atom. The molecule has 0 saturated heterocycles. The molecule has 0 fully saturated rings. The van der Waals surface area contributed by atoms with Crippen molar-refractivity contribution in [2.45, 2.75) is 25.9 Å². The lowest BCUT2D eigenvalue weighted by molar-refractivity contribution is -0.135. The molecule has 11 nitrogen and oxygen atoms in total. The lowest BCUT2D eigenvalue weighted by atomic mass is 9.90. The Hall–Kier alpha value is -4.65. The van der Waals surface area contributed by atoms with Crippen molar-refractivity contribution in [3.63, 3.8) is 0 Å². The molecule has 1 amide bonds. The van der Waals surface area contributed by atoms with Crippen LogP contribution >= 0.6 is 11.3 Å². The largest absolute Gasteiger partial charge is 0.481 e. The van der Waals surface area contributed by atoms with E-state index in [0.717, 1.165) is 11.3 Å². The number of amidine groups is 1. The van der Waals surface area contributed by atoms with Crippen LogP contribution in [0.3, 0.4) is 0 Å². The third-order valence-electron chi connectivity index (χ3n) is 6.38. The molecule has 1 aliphatic heterocycles. The van der Waals surface area contributed by atoms with E-state index in [1.165, 1.54) is 35.5 Å². The van der Waals surface area contributed by atoms with Crippen LogP contribution < -0.4 is 15.8 Å². The number of oxime groups is 1. The zero-order valence-corrected chi connectivity index (χ0v) is 22.9. The van der Waals surface area contributed by atoms with Gasteiger partial charge in [0.05, 0.1) is 53.5 Å². The van der Waals surface area contributed by atoms with Gasteiger partial charge in [-0.15, -0.1) is 11.3 Å². The van der Waals surface area contributed by atoms with Crippen LogP contribution in [-0.4, -0.2) is 57.3 Å². The standard InChI is InChI=1S/C27H27FN8O3S/c1-15-25-22(34-27(29)31-15)10-21(18-8-7-16(28)9-19(18)20-5-4-6-23(32-20)38-3)33-26(25)35-39-12-24(37)36(2)11-17-13-40-14-30-17/h4-9,13-14,21H,10-12H2,1-3H3,(H,33,35)(H2,29,31,34)/t21-/m1/s1. The average molecular weight is 563 g/mol. The summed E-state index contributed by atoms with van der Waals surface area (Å²) in [7, 11) is 3.20. The van der Waals surface area contributed by atoms with E-state index >= 15 is 0 Å². The van der Waals surface area contributed by atoms with Crippen molar-refractivity contribution >= 4 is 29.0 Å². The zero-order valence-electron chi connectivity index (χ0n) is 22.1. The maximum Gasteiger partial charge on any atom is 0.263 e. The number of thiazole rings is 1. The highest BCUT2D eigenvalue weighted by Gasteiger charge is 2.30. The fourth-order valence-electron chi connectivity index (χ4n) is 4.49. The Morgan fingerprint density at radius 1 is 1.27 bits per heavy atom. The molecule has 5 rings (SSSR count). The van der Waals surface area contributed by atoms with Crippen LogP contribution in [0, 0.1) is 12.7 Å². The van der Waals surface area contributed by atoms with Crippen molar-refractivity contribution in [1.82, 2.24) is 30.2 Å². The topological polar surface area (TPSA) is 141 Å². The van der Waals surface area contributed by atoms with Crippen LogP contribution in [-0.2, 0) is 22.6 Å². The molecule has 1 aliphatic rings. The van der Waals surface area contributed by atoms with Crippen LogP contribution in [0.4, 0.5) is 10.3 Å². The molecular weight excluding hydrogens is 535 g/mol. The fraction of sp³-hybridized carbons (Fsp3) is 0.259. The van der Waals surface area contributed by atoms with Gasteiger partial charge in [0.25, 0.3) is 5.91 Å². The number of anilines is 1. The van der Waals surface area contributed by atoms with E-state index in [-0.39, 0.29) is 18.5 Å². The van der Waals surface area contributed by atoms with Gasteiger partial charge in [-0.3, -0.25) is 4.79 Å². The molecule has 0 aliphatic carbocycles. The highest BCUT2D eigenvalue weighted by molar-refractivity contribution is 7.07. The second-order valence-electron chi connectivity index (χ2n) is 9.13. The highest BCUT2D eigenvalue weighted by Crippen LogP contribution is 2.34. The Labute approximate surface area is 233 Å². The molecule has 0 unspecified atom stereocenters. The van der Waals surface area contributed by atoms with Gasteiger partial charge in [0.15, 0.2) is 12.4 Å². The first-order chi connectivity index (χ1) is 19.3. The number of halogens is 1. The number of hydrogen-bond donors (Lipinski definition) is 2. The predicted octanol–water partition coefficient (Wildman–Crippen LogP) is 3.26. The van der Waals surface area contributed by atoms with Gasteiger partial charge in [0, 0.05) is 30.5 Å². The number of hydrogen-bond acceptors (Lipinski definition) is 10. The van der Waals surface area contributed by atoms with Gasteiger partial charge >= 0.3 is 0 Å². The van der Waals surface area contributed by atoms with Crippen LogP contribution in [0.5, 0.6) is 5.88 Å².